The molecule has 3 nitrogen and oxygen atoms in total. The molecule has 1 aliphatic carbocycles. The molecule has 0 bridgehead atoms. The van der Waals surface area contributed by atoms with E-state index in [1.165, 1.54) is 51.9 Å². The van der Waals surface area contributed by atoms with E-state index in [0.29, 0.717) is 0 Å². The largest absolute Gasteiger partial charge is 0.313 e. The SMILES string of the molecule is CN(C)CCCNC1CCN(C2CC2)C1. The predicted molar refractivity (Wildman–Crippen MR) is 64.2 cm³/mol. The molecule has 1 unspecified atom stereocenters. The molecule has 1 N–H and O–H groups in total. The van der Waals surface area contributed by atoms with Crippen molar-refractivity contribution in [1.82, 2.24) is 15.1 Å². The van der Waals surface area contributed by atoms with Crippen LogP contribution in [0.1, 0.15) is 25.7 Å². The number of likely N-dealkylation sites (tertiary alicyclic amines) is 1. The van der Waals surface area contributed by atoms with Crippen LogP contribution >= 0.6 is 0 Å². The molecule has 88 valence electrons. The van der Waals surface area contributed by atoms with Crippen molar-refractivity contribution in [3.8, 4) is 0 Å². The third-order valence-corrected chi connectivity index (χ3v) is 3.50. The Bertz CT molecular complexity index is 189. The molecule has 0 aromatic heterocycles. The first-order chi connectivity index (χ1) is 7.25. The Kier molecular flexibility index (Phi) is 4.00. The van der Waals surface area contributed by atoms with Gasteiger partial charge in [0.1, 0.15) is 0 Å². The lowest BCUT2D eigenvalue weighted by molar-refractivity contribution is 0.316. The van der Waals surface area contributed by atoms with Gasteiger partial charge in [-0.05, 0) is 52.9 Å². The molecular formula is C12H25N3. The summed E-state index contributed by atoms with van der Waals surface area (Å²) < 4.78 is 0. The molecule has 1 heterocycles. The monoisotopic (exact) mass is 211 g/mol. The van der Waals surface area contributed by atoms with Gasteiger partial charge in [0.15, 0.2) is 0 Å². The summed E-state index contributed by atoms with van der Waals surface area (Å²) in [6, 6.07) is 1.73. The lowest BCUT2D eigenvalue weighted by Crippen LogP contribution is -2.34. The Labute approximate surface area is 93.8 Å². The van der Waals surface area contributed by atoms with Gasteiger partial charge in [0.25, 0.3) is 0 Å². The van der Waals surface area contributed by atoms with Crippen LogP contribution in [0, 0.1) is 0 Å². The highest BCUT2D eigenvalue weighted by molar-refractivity contribution is 4.91. The van der Waals surface area contributed by atoms with Gasteiger partial charge in [-0.25, -0.2) is 0 Å². The first kappa shape index (κ1) is 11.4. The van der Waals surface area contributed by atoms with Crippen LogP contribution in [-0.4, -0.2) is 62.2 Å². The molecular weight excluding hydrogens is 186 g/mol. The van der Waals surface area contributed by atoms with E-state index in [9.17, 15) is 0 Å². The fourth-order valence-electron chi connectivity index (χ4n) is 2.43. The maximum absolute atomic E-state index is 3.68. The molecule has 0 radical (unpaired) electrons. The topological polar surface area (TPSA) is 18.5 Å². The van der Waals surface area contributed by atoms with Crippen LogP contribution in [0.4, 0.5) is 0 Å². The van der Waals surface area contributed by atoms with Gasteiger partial charge in [-0.1, -0.05) is 0 Å². The van der Waals surface area contributed by atoms with E-state index in [-0.39, 0.29) is 0 Å². The Hall–Kier alpha value is -0.120. The Morgan fingerprint density at radius 3 is 2.73 bits per heavy atom. The molecule has 3 heteroatoms. The highest BCUT2D eigenvalue weighted by atomic mass is 15.2. The van der Waals surface area contributed by atoms with Crippen LogP contribution in [-0.2, 0) is 0 Å². The van der Waals surface area contributed by atoms with Crippen LogP contribution in [0.3, 0.4) is 0 Å². The fraction of sp³-hybridized carbons (Fsp3) is 1.00. The van der Waals surface area contributed by atoms with Crippen molar-refractivity contribution >= 4 is 0 Å². The first-order valence-corrected chi connectivity index (χ1v) is 6.38. The van der Waals surface area contributed by atoms with Crippen molar-refractivity contribution in [2.75, 3.05) is 40.3 Å². The van der Waals surface area contributed by atoms with Gasteiger partial charge in [0, 0.05) is 25.2 Å². The molecule has 1 atom stereocenters. The molecule has 2 fully saturated rings. The molecule has 2 rings (SSSR count). The molecule has 1 saturated heterocycles. The molecule has 1 saturated carbocycles. The van der Waals surface area contributed by atoms with Gasteiger partial charge in [-0.3, -0.25) is 4.90 Å². The number of nitrogens with one attached hydrogen (secondary N) is 1. The predicted octanol–water partition coefficient (Wildman–Crippen LogP) is 0.764. The highest BCUT2D eigenvalue weighted by Gasteiger charge is 2.33. The maximum atomic E-state index is 3.68. The summed E-state index contributed by atoms with van der Waals surface area (Å²) in [6.45, 7) is 5.01. The quantitative estimate of drug-likeness (QED) is 0.655. The van der Waals surface area contributed by atoms with Crippen LogP contribution in [0.2, 0.25) is 0 Å². The van der Waals surface area contributed by atoms with Gasteiger partial charge in [0.2, 0.25) is 0 Å². The van der Waals surface area contributed by atoms with E-state index < -0.39 is 0 Å². The second-order valence-corrected chi connectivity index (χ2v) is 5.32. The van der Waals surface area contributed by atoms with Gasteiger partial charge >= 0.3 is 0 Å². The maximum Gasteiger partial charge on any atom is 0.0207 e. The summed E-state index contributed by atoms with van der Waals surface area (Å²) >= 11 is 0. The van der Waals surface area contributed by atoms with Gasteiger partial charge in [0.05, 0.1) is 0 Å². The molecule has 1 aliphatic heterocycles. The standard InChI is InChI=1S/C12H25N3/c1-14(2)8-3-7-13-11-6-9-15(10-11)12-4-5-12/h11-13H,3-10H2,1-2H3. The zero-order valence-corrected chi connectivity index (χ0v) is 10.2. The summed E-state index contributed by atoms with van der Waals surface area (Å²) in [5.41, 5.74) is 0. The van der Waals surface area contributed by atoms with Crippen molar-refractivity contribution in [1.29, 1.82) is 0 Å². The van der Waals surface area contributed by atoms with E-state index >= 15 is 0 Å². The molecule has 0 spiro atoms. The number of nitrogens with zero attached hydrogens (tertiary/aromatic N) is 2. The molecule has 0 amide bonds. The van der Waals surface area contributed by atoms with Gasteiger partial charge < -0.3 is 10.2 Å². The smallest absolute Gasteiger partial charge is 0.0207 e. The average Bonchev–Trinajstić information content (AvgIpc) is 2.94. The van der Waals surface area contributed by atoms with E-state index in [1.54, 1.807) is 0 Å². The highest BCUT2D eigenvalue weighted by Crippen LogP contribution is 2.29. The molecule has 2 aliphatic rings. The number of hydrogen-bond acceptors (Lipinski definition) is 3. The zero-order chi connectivity index (χ0) is 10.7. The minimum absolute atomic E-state index is 0.771. The van der Waals surface area contributed by atoms with Crippen LogP contribution in [0.15, 0.2) is 0 Å². The fourth-order valence-corrected chi connectivity index (χ4v) is 2.43. The zero-order valence-electron chi connectivity index (χ0n) is 10.2. The Morgan fingerprint density at radius 1 is 1.27 bits per heavy atom. The van der Waals surface area contributed by atoms with Crippen LogP contribution < -0.4 is 5.32 Å². The van der Waals surface area contributed by atoms with Crippen molar-refractivity contribution < 1.29 is 0 Å². The Morgan fingerprint density at radius 2 is 2.07 bits per heavy atom. The summed E-state index contributed by atoms with van der Waals surface area (Å²) in [7, 11) is 4.29. The van der Waals surface area contributed by atoms with Crippen LogP contribution in [0.5, 0.6) is 0 Å². The van der Waals surface area contributed by atoms with E-state index in [0.717, 1.165) is 12.1 Å². The molecule has 0 aromatic carbocycles. The second kappa shape index (κ2) is 5.28. The minimum Gasteiger partial charge on any atom is -0.313 e. The molecule has 15 heavy (non-hydrogen) atoms. The van der Waals surface area contributed by atoms with Crippen LogP contribution in [0.25, 0.3) is 0 Å². The van der Waals surface area contributed by atoms with Gasteiger partial charge in [-0.15, -0.1) is 0 Å². The summed E-state index contributed by atoms with van der Waals surface area (Å²) in [5, 5.41) is 3.68. The summed E-state index contributed by atoms with van der Waals surface area (Å²) in [4.78, 5) is 4.93. The van der Waals surface area contributed by atoms with Crippen molar-refractivity contribution in [2.24, 2.45) is 0 Å². The lowest BCUT2D eigenvalue weighted by Gasteiger charge is -2.16. The Balaban J connectivity index is 1.52. The first-order valence-electron chi connectivity index (χ1n) is 6.38. The van der Waals surface area contributed by atoms with Gasteiger partial charge in [-0.2, -0.15) is 0 Å². The molecule has 0 aromatic rings. The summed E-state index contributed by atoms with van der Waals surface area (Å²) in [5.74, 6) is 0. The third kappa shape index (κ3) is 3.74. The summed E-state index contributed by atoms with van der Waals surface area (Å²) in [6.07, 6.45) is 5.53. The van der Waals surface area contributed by atoms with Crippen molar-refractivity contribution in [2.45, 2.75) is 37.8 Å². The van der Waals surface area contributed by atoms with E-state index in [2.05, 4.69) is 29.2 Å². The normalized spacial score (nSPS) is 27.8. The lowest BCUT2D eigenvalue weighted by atomic mass is 10.2. The minimum atomic E-state index is 0.771. The number of rotatable bonds is 6. The van der Waals surface area contributed by atoms with Crippen molar-refractivity contribution in [3.63, 3.8) is 0 Å². The average molecular weight is 211 g/mol. The second-order valence-electron chi connectivity index (χ2n) is 5.32. The van der Waals surface area contributed by atoms with E-state index in [4.69, 9.17) is 0 Å². The third-order valence-electron chi connectivity index (χ3n) is 3.50. The number of hydrogen-bond donors (Lipinski definition) is 1. The van der Waals surface area contributed by atoms with E-state index in [1.807, 2.05) is 0 Å². The van der Waals surface area contributed by atoms with Crippen molar-refractivity contribution in [3.05, 3.63) is 0 Å².